The molecule has 0 saturated carbocycles. The van der Waals surface area contributed by atoms with Gasteiger partial charge in [0.15, 0.2) is 0 Å². The smallest absolute Gasteiger partial charge is 0.209 e. The molecule has 1 rings (SSSR count). The van der Waals surface area contributed by atoms with E-state index in [1.807, 2.05) is 32.9 Å². The zero-order valence-electron chi connectivity index (χ0n) is 12.1. The first-order chi connectivity index (χ1) is 9.23. The van der Waals surface area contributed by atoms with E-state index in [9.17, 15) is 8.42 Å². The summed E-state index contributed by atoms with van der Waals surface area (Å²) in [6, 6.07) is 3.71. The second kappa shape index (κ2) is 7.29. The zero-order chi connectivity index (χ0) is 15.3. The molecule has 0 radical (unpaired) electrons. The second-order valence-electron chi connectivity index (χ2n) is 5.17. The van der Waals surface area contributed by atoms with Gasteiger partial charge >= 0.3 is 0 Å². The molecule has 0 aliphatic rings. The van der Waals surface area contributed by atoms with Crippen molar-refractivity contribution < 1.29 is 13.2 Å². The van der Waals surface area contributed by atoms with E-state index in [-0.39, 0.29) is 11.7 Å². The minimum atomic E-state index is -3.47. The molecule has 4 nitrogen and oxygen atoms in total. The number of benzene rings is 1. The quantitative estimate of drug-likeness (QED) is 0.839. The van der Waals surface area contributed by atoms with E-state index in [4.69, 9.17) is 21.5 Å². The number of ether oxygens (including phenoxy) is 1. The van der Waals surface area contributed by atoms with E-state index in [2.05, 4.69) is 0 Å². The van der Waals surface area contributed by atoms with Crippen LogP contribution in [-0.2, 0) is 10.0 Å². The van der Waals surface area contributed by atoms with Crippen molar-refractivity contribution in [3.63, 3.8) is 0 Å². The highest BCUT2D eigenvalue weighted by Crippen LogP contribution is 2.26. The summed E-state index contributed by atoms with van der Waals surface area (Å²) >= 11 is 6.10. The maximum Gasteiger partial charge on any atom is 0.209 e. The summed E-state index contributed by atoms with van der Waals surface area (Å²) in [6.07, 6.45) is 1.66. The molecule has 2 N–H and O–H groups in total. The normalized spacial score (nSPS) is 13.2. The molecule has 6 heteroatoms. The number of rotatable bonds is 7. The highest BCUT2D eigenvalue weighted by atomic mass is 35.5. The molecule has 0 fully saturated rings. The lowest BCUT2D eigenvalue weighted by molar-refractivity contribution is 0.252. The fourth-order valence-electron chi connectivity index (χ4n) is 2.16. The van der Waals surface area contributed by atoms with Crippen LogP contribution in [0.1, 0.15) is 30.9 Å². The average molecular weight is 320 g/mol. The van der Waals surface area contributed by atoms with Crippen molar-refractivity contribution in [1.82, 2.24) is 0 Å². The van der Waals surface area contributed by atoms with Gasteiger partial charge in [-0.25, -0.2) is 13.6 Å². The van der Waals surface area contributed by atoms with Gasteiger partial charge in [0.2, 0.25) is 10.0 Å². The number of aryl methyl sites for hydroxylation is 2. The van der Waals surface area contributed by atoms with Crippen LogP contribution in [0.4, 0.5) is 0 Å². The van der Waals surface area contributed by atoms with Gasteiger partial charge in [0.1, 0.15) is 5.75 Å². The van der Waals surface area contributed by atoms with E-state index in [0.29, 0.717) is 12.4 Å². The number of hydrogen-bond acceptors (Lipinski definition) is 3. The summed E-state index contributed by atoms with van der Waals surface area (Å²) in [5.41, 5.74) is 1.89. The largest absolute Gasteiger partial charge is 0.493 e. The molecule has 0 aliphatic carbocycles. The van der Waals surface area contributed by atoms with E-state index < -0.39 is 10.0 Å². The Morgan fingerprint density at radius 2 is 1.85 bits per heavy atom. The van der Waals surface area contributed by atoms with Gasteiger partial charge in [0.25, 0.3) is 0 Å². The predicted molar refractivity (Wildman–Crippen MR) is 82.8 cm³/mol. The van der Waals surface area contributed by atoms with Crippen LogP contribution in [0.15, 0.2) is 12.1 Å². The Hall–Kier alpha value is -0.780. The number of halogens is 1. The van der Waals surface area contributed by atoms with Crippen LogP contribution in [0.25, 0.3) is 0 Å². The van der Waals surface area contributed by atoms with E-state index in [1.165, 1.54) is 0 Å². The highest BCUT2D eigenvalue weighted by Gasteiger charge is 2.16. The third-order valence-electron chi connectivity index (χ3n) is 3.06. The van der Waals surface area contributed by atoms with Crippen molar-refractivity contribution in [2.24, 2.45) is 11.1 Å². The van der Waals surface area contributed by atoms with Crippen molar-refractivity contribution in [2.45, 2.75) is 33.6 Å². The summed E-state index contributed by atoms with van der Waals surface area (Å²) < 4.78 is 28.1. The lowest BCUT2D eigenvalue weighted by atomic mass is 10.1. The molecule has 0 heterocycles. The Morgan fingerprint density at radius 3 is 2.30 bits per heavy atom. The van der Waals surface area contributed by atoms with Crippen molar-refractivity contribution in [3.05, 3.63) is 28.3 Å². The van der Waals surface area contributed by atoms with Crippen molar-refractivity contribution in [3.8, 4) is 5.75 Å². The maximum atomic E-state index is 11.2. The van der Waals surface area contributed by atoms with Crippen LogP contribution in [0, 0.1) is 19.8 Å². The van der Waals surface area contributed by atoms with Gasteiger partial charge in [-0.15, -0.1) is 0 Å². The van der Waals surface area contributed by atoms with E-state index in [1.54, 1.807) is 0 Å². The third kappa shape index (κ3) is 5.69. The Labute approximate surface area is 126 Å². The van der Waals surface area contributed by atoms with Gasteiger partial charge in [0.05, 0.1) is 12.4 Å². The Balaban J connectivity index is 2.72. The molecule has 1 aromatic rings. The maximum absolute atomic E-state index is 11.2. The molecule has 0 bridgehead atoms. The number of hydrogen-bond donors (Lipinski definition) is 1. The van der Waals surface area contributed by atoms with Gasteiger partial charge in [0, 0.05) is 10.9 Å². The van der Waals surface area contributed by atoms with Crippen LogP contribution in [-0.4, -0.2) is 20.8 Å². The van der Waals surface area contributed by atoms with Gasteiger partial charge < -0.3 is 4.74 Å². The lowest BCUT2D eigenvalue weighted by Crippen LogP contribution is -2.27. The molecule has 114 valence electrons. The number of sulfonamides is 1. The summed E-state index contributed by atoms with van der Waals surface area (Å²) in [5.74, 6) is 0.568. The molecule has 0 aromatic heterocycles. The summed E-state index contributed by atoms with van der Waals surface area (Å²) in [7, 11) is -3.47. The number of nitrogens with two attached hydrogens (primary N) is 1. The molecule has 0 saturated heterocycles. The molecular formula is C14H22ClNO3S. The van der Waals surface area contributed by atoms with E-state index in [0.717, 1.165) is 29.0 Å². The van der Waals surface area contributed by atoms with Crippen LogP contribution in [0.2, 0.25) is 5.02 Å². The van der Waals surface area contributed by atoms with Crippen molar-refractivity contribution in [1.29, 1.82) is 0 Å². The monoisotopic (exact) mass is 319 g/mol. The first-order valence-corrected chi connectivity index (χ1v) is 8.72. The SMILES string of the molecule is CCCC(COc1cc(C)c(Cl)c(C)c1)CS(N)(=O)=O. The Morgan fingerprint density at radius 1 is 1.30 bits per heavy atom. The molecule has 1 unspecified atom stereocenters. The van der Waals surface area contributed by atoms with Gasteiger partial charge in [-0.1, -0.05) is 24.9 Å². The van der Waals surface area contributed by atoms with Crippen LogP contribution >= 0.6 is 11.6 Å². The molecule has 0 amide bonds. The minimum Gasteiger partial charge on any atom is -0.493 e. The zero-order valence-corrected chi connectivity index (χ0v) is 13.7. The molecular weight excluding hydrogens is 298 g/mol. The van der Waals surface area contributed by atoms with Crippen LogP contribution in [0.5, 0.6) is 5.75 Å². The molecule has 0 aliphatic heterocycles. The summed E-state index contributed by atoms with van der Waals surface area (Å²) in [5, 5.41) is 5.83. The second-order valence-corrected chi connectivity index (χ2v) is 7.20. The van der Waals surface area contributed by atoms with Crippen LogP contribution in [0.3, 0.4) is 0 Å². The predicted octanol–water partition coefficient (Wildman–Crippen LogP) is 3.04. The molecule has 1 atom stereocenters. The Bertz CT molecular complexity index is 535. The highest BCUT2D eigenvalue weighted by molar-refractivity contribution is 7.89. The van der Waals surface area contributed by atoms with Crippen LogP contribution < -0.4 is 9.88 Å². The van der Waals surface area contributed by atoms with Gasteiger partial charge in [-0.05, 0) is 43.5 Å². The topological polar surface area (TPSA) is 69.4 Å². The van der Waals surface area contributed by atoms with Crippen molar-refractivity contribution in [2.75, 3.05) is 12.4 Å². The number of primary sulfonamides is 1. The first kappa shape index (κ1) is 17.3. The lowest BCUT2D eigenvalue weighted by Gasteiger charge is -2.17. The van der Waals surface area contributed by atoms with Crippen molar-refractivity contribution >= 4 is 21.6 Å². The average Bonchev–Trinajstić information content (AvgIpc) is 2.31. The standard InChI is InChI=1S/C14H22ClNO3S/c1-4-5-12(9-20(16,17)18)8-19-13-6-10(2)14(15)11(3)7-13/h6-7,12H,4-5,8-9H2,1-3H3,(H2,16,17,18). The van der Waals surface area contributed by atoms with Gasteiger partial charge in [-0.3, -0.25) is 0 Å². The van der Waals surface area contributed by atoms with E-state index >= 15 is 0 Å². The summed E-state index contributed by atoms with van der Waals surface area (Å²) in [6.45, 7) is 6.17. The summed E-state index contributed by atoms with van der Waals surface area (Å²) in [4.78, 5) is 0. The Kier molecular flexibility index (Phi) is 6.30. The molecule has 20 heavy (non-hydrogen) atoms. The fraction of sp³-hybridized carbons (Fsp3) is 0.571. The fourth-order valence-corrected chi connectivity index (χ4v) is 3.18. The third-order valence-corrected chi connectivity index (χ3v) is 4.59. The molecule has 1 aromatic carbocycles. The van der Waals surface area contributed by atoms with Gasteiger partial charge in [-0.2, -0.15) is 0 Å². The minimum absolute atomic E-state index is 0.0492. The first-order valence-electron chi connectivity index (χ1n) is 6.63. The molecule has 0 spiro atoms.